The third-order valence-corrected chi connectivity index (χ3v) is 12.1. The van der Waals surface area contributed by atoms with Gasteiger partial charge in [0.2, 0.25) is 11.8 Å². The maximum absolute atomic E-state index is 12.9. The predicted octanol–water partition coefficient (Wildman–Crippen LogP) is 3.69. The summed E-state index contributed by atoms with van der Waals surface area (Å²) in [5, 5.41) is 35.2. The molecule has 6 unspecified atom stereocenters. The molecule has 14 nitrogen and oxygen atoms in total. The van der Waals surface area contributed by atoms with Gasteiger partial charge in [-0.2, -0.15) is 0 Å². The maximum Gasteiger partial charge on any atom is 0.335 e. The van der Waals surface area contributed by atoms with Crippen LogP contribution in [0.15, 0.2) is 60.9 Å². The average molecular weight is 797 g/mol. The van der Waals surface area contributed by atoms with E-state index in [2.05, 4.69) is 123 Å². The summed E-state index contributed by atoms with van der Waals surface area (Å²) in [5.74, 6) is -3.12. The summed E-state index contributed by atoms with van der Waals surface area (Å²) in [6, 6.07) is 13.6. The second kappa shape index (κ2) is 17.7. The number of carboxylic acids is 2. The molecule has 0 saturated carbocycles. The lowest BCUT2D eigenvalue weighted by atomic mass is 9.79. The first kappa shape index (κ1) is 42.3. The van der Waals surface area contributed by atoms with E-state index in [1.807, 2.05) is 9.80 Å². The number of aliphatic hydroxyl groups is 2. The number of aliphatic hydroxyl groups excluding tert-OH is 2. The van der Waals surface area contributed by atoms with Crippen LogP contribution in [-0.2, 0) is 32.0 Å². The summed E-state index contributed by atoms with van der Waals surface area (Å²) in [5.41, 5.74) is 10.4. The van der Waals surface area contributed by atoms with E-state index >= 15 is 0 Å². The molecule has 0 bridgehead atoms. The number of carbonyl (C=O) groups is 4. The van der Waals surface area contributed by atoms with Crippen LogP contribution in [-0.4, -0.2) is 151 Å². The Bertz CT molecular complexity index is 2080. The Morgan fingerprint density at radius 2 is 1.02 bits per heavy atom. The van der Waals surface area contributed by atoms with Crippen molar-refractivity contribution in [3.8, 4) is 0 Å². The fraction of sp³-hybridized carbons (Fsp3) is 0.455. The van der Waals surface area contributed by atoms with E-state index in [9.17, 15) is 19.2 Å². The zero-order valence-electron chi connectivity index (χ0n) is 34.1. The molecule has 2 aromatic carbocycles. The molecule has 2 aromatic heterocycles. The minimum atomic E-state index is -2.27. The highest BCUT2D eigenvalue weighted by molar-refractivity contribution is 6.00. The molecular weight excluding hydrogens is 741 g/mol. The van der Waals surface area contributed by atoms with Crippen molar-refractivity contribution in [2.45, 2.75) is 64.8 Å². The van der Waals surface area contributed by atoms with Crippen LogP contribution in [0.3, 0.4) is 0 Å². The lowest BCUT2D eigenvalue weighted by Gasteiger charge is -2.40. The molecule has 4 aromatic rings. The van der Waals surface area contributed by atoms with Crippen LogP contribution in [0.5, 0.6) is 0 Å². The number of aromatic nitrogens is 2. The molecule has 4 heterocycles. The number of fused-ring (bicyclic) bond motifs is 4. The first-order chi connectivity index (χ1) is 27.7. The van der Waals surface area contributed by atoms with Gasteiger partial charge < -0.3 is 40.2 Å². The number of aromatic amines is 2. The normalized spacial score (nSPS) is 21.8. The van der Waals surface area contributed by atoms with Crippen LogP contribution < -0.4 is 0 Å². The van der Waals surface area contributed by atoms with Crippen LogP contribution >= 0.6 is 0 Å². The third-order valence-electron chi connectivity index (χ3n) is 12.1. The largest absolute Gasteiger partial charge is 0.479 e. The van der Waals surface area contributed by atoms with Crippen molar-refractivity contribution in [3.05, 3.63) is 83.2 Å². The van der Waals surface area contributed by atoms with Gasteiger partial charge in [0.1, 0.15) is 0 Å². The van der Waals surface area contributed by atoms with E-state index in [1.165, 1.54) is 55.2 Å². The Hall–Kier alpha value is -5.28. The van der Waals surface area contributed by atoms with Crippen molar-refractivity contribution in [2.75, 3.05) is 53.4 Å². The molecule has 0 fully saturated rings. The molecule has 58 heavy (non-hydrogen) atoms. The highest BCUT2D eigenvalue weighted by atomic mass is 16.4. The smallest absolute Gasteiger partial charge is 0.335 e. The van der Waals surface area contributed by atoms with Crippen LogP contribution in [0.1, 0.15) is 49.9 Å². The standard InChI is InChI=1S/2C20H25N3O.C4H6O6/c2*1-4-23(5-2)20(24)14-9-16-15-7-6-8-17-19(15)13(11-21-17)10-18(16)22(3)12-14;5-1(3(7)8)2(6)4(9)10/h2*6-9,11,14,18,21H,4-5,10,12H2,1-3H3;1-2,5-6H,(H,7,8)(H,9,10). The zero-order chi connectivity index (χ0) is 42.0. The zero-order valence-corrected chi connectivity index (χ0v) is 34.1. The van der Waals surface area contributed by atoms with E-state index < -0.39 is 24.1 Å². The van der Waals surface area contributed by atoms with Gasteiger partial charge in [0.15, 0.2) is 12.2 Å². The van der Waals surface area contributed by atoms with E-state index in [1.54, 1.807) is 0 Å². The van der Waals surface area contributed by atoms with Gasteiger partial charge >= 0.3 is 11.9 Å². The molecule has 0 radical (unpaired) electrons. The molecule has 2 aliphatic carbocycles. The minimum Gasteiger partial charge on any atom is -0.479 e. The summed E-state index contributed by atoms with van der Waals surface area (Å²) in [6.45, 7) is 12.9. The van der Waals surface area contributed by atoms with Crippen LogP contribution in [0.4, 0.5) is 0 Å². The molecule has 0 spiro atoms. The number of amides is 2. The highest BCUT2D eigenvalue weighted by Crippen LogP contribution is 2.42. The van der Waals surface area contributed by atoms with Crippen LogP contribution in [0, 0.1) is 11.8 Å². The van der Waals surface area contributed by atoms with Gasteiger partial charge in [-0.05, 0) is 100 Å². The van der Waals surface area contributed by atoms with Gasteiger partial charge in [-0.3, -0.25) is 19.4 Å². The second-order valence-corrected chi connectivity index (χ2v) is 15.4. The van der Waals surface area contributed by atoms with Gasteiger partial charge in [-0.15, -0.1) is 0 Å². The second-order valence-electron chi connectivity index (χ2n) is 15.4. The van der Waals surface area contributed by atoms with E-state index in [0.717, 1.165) is 52.1 Å². The number of benzene rings is 2. The number of hydrogen-bond donors (Lipinski definition) is 6. The Kier molecular flexibility index (Phi) is 12.9. The number of nitrogens with one attached hydrogen (secondary N) is 2. The number of hydrogen-bond acceptors (Lipinski definition) is 8. The van der Waals surface area contributed by atoms with Crippen molar-refractivity contribution in [1.82, 2.24) is 29.6 Å². The molecule has 2 amide bonds. The number of carbonyl (C=O) groups excluding carboxylic acids is 2. The summed E-state index contributed by atoms with van der Waals surface area (Å²) in [4.78, 5) is 60.7. The number of H-pyrrole nitrogens is 2. The quantitative estimate of drug-likeness (QED) is 0.146. The van der Waals surface area contributed by atoms with Crippen molar-refractivity contribution >= 4 is 56.7 Å². The van der Waals surface area contributed by atoms with Crippen molar-refractivity contribution in [1.29, 1.82) is 0 Å². The number of rotatable bonds is 9. The SMILES string of the molecule is CCN(CC)C(=O)C1C=C2c3cccc4[nH]cc(c34)CC2N(C)C1.CCN(CC)C(=O)C1C=C2c3cccc4[nH]cc(c34)CC2N(C)C1.O=C(O)C(O)C(O)C(=O)O. The minimum absolute atomic E-state index is 0.0445. The predicted molar refractivity (Wildman–Crippen MR) is 223 cm³/mol. The number of nitrogens with zero attached hydrogens (tertiary/aromatic N) is 4. The van der Waals surface area contributed by atoms with Gasteiger partial charge in [-0.25, -0.2) is 9.59 Å². The molecule has 0 saturated heterocycles. The lowest BCUT2D eigenvalue weighted by molar-refractivity contribution is -0.165. The fourth-order valence-electron chi connectivity index (χ4n) is 9.02. The topological polar surface area (TPSA) is 194 Å². The summed E-state index contributed by atoms with van der Waals surface area (Å²) < 4.78 is 0. The Morgan fingerprint density at radius 1 is 0.655 bits per heavy atom. The molecule has 4 aliphatic rings. The third kappa shape index (κ3) is 8.06. The fourth-order valence-corrected chi connectivity index (χ4v) is 9.02. The van der Waals surface area contributed by atoms with Gasteiger partial charge in [0.05, 0.1) is 11.8 Å². The van der Waals surface area contributed by atoms with Crippen molar-refractivity contribution in [3.63, 3.8) is 0 Å². The molecule has 8 rings (SSSR count). The van der Waals surface area contributed by atoms with Crippen LogP contribution in [0.2, 0.25) is 0 Å². The molecular formula is C44H56N6O8. The molecule has 310 valence electrons. The Labute approximate surface area is 338 Å². The summed E-state index contributed by atoms with van der Waals surface area (Å²) >= 11 is 0. The van der Waals surface area contributed by atoms with Crippen molar-refractivity contribution < 1.29 is 39.6 Å². The van der Waals surface area contributed by atoms with E-state index in [-0.39, 0.29) is 23.7 Å². The van der Waals surface area contributed by atoms with Gasteiger partial charge in [-0.1, -0.05) is 36.4 Å². The average Bonchev–Trinajstić information content (AvgIpc) is 3.84. The first-order valence-electron chi connectivity index (χ1n) is 20.2. The number of likely N-dealkylation sites (N-methyl/N-ethyl adjacent to an activating group) is 2. The lowest BCUT2D eigenvalue weighted by Crippen LogP contribution is -2.47. The van der Waals surface area contributed by atoms with E-state index in [4.69, 9.17) is 20.4 Å². The Balaban J connectivity index is 0.000000160. The number of carboxylic acid groups (broad SMARTS) is 2. The van der Waals surface area contributed by atoms with E-state index in [0.29, 0.717) is 12.1 Å². The highest BCUT2D eigenvalue weighted by Gasteiger charge is 2.38. The Morgan fingerprint density at radius 3 is 1.34 bits per heavy atom. The molecule has 14 heteroatoms. The molecule has 6 atom stereocenters. The molecule has 2 aliphatic heterocycles. The first-order valence-corrected chi connectivity index (χ1v) is 20.2. The summed E-state index contributed by atoms with van der Waals surface area (Å²) in [7, 11) is 4.30. The van der Waals surface area contributed by atoms with Crippen molar-refractivity contribution in [2.24, 2.45) is 11.8 Å². The monoisotopic (exact) mass is 796 g/mol. The maximum atomic E-state index is 12.9. The van der Waals surface area contributed by atoms with Crippen LogP contribution in [0.25, 0.3) is 33.0 Å². The molecule has 6 N–H and O–H groups in total. The number of aliphatic carboxylic acids is 2. The van der Waals surface area contributed by atoms with Gasteiger partial charge in [0, 0.05) is 85.6 Å². The summed E-state index contributed by atoms with van der Waals surface area (Å²) in [6.07, 6.45) is 6.29. The van der Waals surface area contributed by atoms with Gasteiger partial charge in [0.25, 0.3) is 0 Å².